The van der Waals surface area contributed by atoms with Crippen LogP contribution in [0.25, 0.3) is 4.96 Å². The van der Waals surface area contributed by atoms with E-state index in [0.29, 0.717) is 0 Å². The van der Waals surface area contributed by atoms with Gasteiger partial charge in [0.15, 0.2) is 4.96 Å². The molecular formula is C13H21N3S2. The van der Waals surface area contributed by atoms with Gasteiger partial charge >= 0.3 is 0 Å². The molecule has 2 aromatic heterocycles. The number of thioether (sulfide) groups is 1. The number of hydrogen-bond donors (Lipinski definition) is 1. The van der Waals surface area contributed by atoms with Gasteiger partial charge in [0.2, 0.25) is 0 Å². The Morgan fingerprint density at radius 2 is 2.28 bits per heavy atom. The lowest BCUT2D eigenvalue weighted by molar-refractivity contribution is 0.609. The highest BCUT2D eigenvalue weighted by atomic mass is 32.2. The molecule has 0 aliphatic heterocycles. The first kappa shape index (κ1) is 13.9. The Morgan fingerprint density at radius 3 is 3.11 bits per heavy atom. The summed E-state index contributed by atoms with van der Waals surface area (Å²) < 4.78 is 2.20. The topological polar surface area (TPSA) is 29.3 Å². The molecule has 2 aromatic rings. The van der Waals surface area contributed by atoms with Crippen LogP contribution < -0.4 is 5.32 Å². The lowest BCUT2D eigenvalue weighted by Crippen LogP contribution is -2.16. The number of nitrogens with zero attached hydrogens (tertiary/aromatic N) is 2. The molecule has 0 fully saturated rings. The third-order valence-corrected chi connectivity index (χ3v) is 4.51. The Labute approximate surface area is 117 Å². The van der Waals surface area contributed by atoms with E-state index >= 15 is 0 Å². The van der Waals surface area contributed by atoms with Crippen LogP contribution in [-0.4, -0.2) is 27.9 Å². The number of fused-ring (bicyclic) bond motifs is 1. The van der Waals surface area contributed by atoms with Crippen molar-refractivity contribution in [1.82, 2.24) is 14.7 Å². The van der Waals surface area contributed by atoms with Crippen LogP contribution in [0.3, 0.4) is 0 Å². The van der Waals surface area contributed by atoms with Crippen molar-refractivity contribution in [3.8, 4) is 0 Å². The molecule has 18 heavy (non-hydrogen) atoms. The molecule has 0 aliphatic carbocycles. The van der Waals surface area contributed by atoms with Gasteiger partial charge in [-0.05, 0) is 38.3 Å². The molecule has 0 atom stereocenters. The molecule has 2 rings (SSSR count). The predicted octanol–water partition coefficient (Wildman–Crippen LogP) is 3.33. The number of thiazole rings is 1. The van der Waals surface area contributed by atoms with Crippen molar-refractivity contribution < 1.29 is 0 Å². The van der Waals surface area contributed by atoms with Crippen LogP contribution in [0.4, 0.5) is 0 Å². The van der Waals surface area contributed by atoms with Gasteiger partial charge in [-0.15, -0.1) is 11.3 Å². The predicted molar refractivity (Wildman–Crippen MR) is 81.7 cm³/mol. The molecular weight excluding hydrogens is 262 g/mol. The fourth-order valence-electron chi connectivity index (χ4n) is 2.03. The Balaban J connectivity index is 1.73. The monoisotopic (exact) mass is 283 g/mol. The summed E-state index contributed by atoms with van der Waals surface area (Å²) in [6.07, 6.45) is 8.21. The van der Waals surface area contributed by atoms with Gasteiger partial charge in [0.25, 0.3) is 0 Å². The maximum absolute atomic E-state index is 4.55. The molecule has 0 radical (unpaired) electrons. The van der Waals surface area contributed by atoms with Crippen LogP contribution in [0.15, 0.2) is 11.6 Å². The van der Waals surface area contributed by atoms with Gasteiger partial charge in [-0.1, -0.05) is 6.42 Å². The largest absolute Gasteiger partial charge is 0.311 e. The van der Waals surface area contributed by atoms with E-state index in [1.165, 1.54) is 30.7 Å². The molecule has 0 saturated carbocycles. The van der Waals surface area contributed by atoms with Crippen LogP contribution in [0, 0.1) is 6.92 Å². The average molecular weight is 283 g/mol. The Morgan fingerprint density at radius 1 is 1.39 bits per heavy atom. The van der Waals surface area contributed by atoms with Gasteiger partial charge in [0.1, 0.15) is 0 Å². The van der Waals surface area contributed by atoms with E-state index in [2.05, 4.69) is 39.5 Å². The Bertz CT molecular complexity index is 475. The van der Waals surface area contributed by atoms with E-state index in [0.717, 1.165) is 23.7 Å². The third kappa shape index (κ3) is 3.49. The second-order valence-electron chi connectivity index (χ2n) is 4.43. The second-order valence-corrected chi connectivity index (χ2v) is 6.29. The molecule has 0 amide bonds. The van der Waals surface area contributed by atoms with E-state index in [1.807, 2.05) is 11.8 Å². The first-order valence-corrected chi connectivity index (χ1v) is 8.71. The number of hydrogen-bond acceptors (Lipinski definition) is 4. The first-order chi connectivity index (χ1) is 8.83. The summed E-state index contributed by atoms with van der Waals surface area (Å²) in [6, 6.07) is 0. The Hall–Kier alpha value is -0.520. The third-order valence-electron chi connectivity index (χ3n) is 3.06. The zero-order valence-corrected chi connectivity index (χ0v) is 12.7. The molecule has 0 aromatic carbocycles. The molecule has 100 valence electrons. The summed E-state index contributed by atoms with van der Waals surface area (Å²) in [6.45, 7) is 4.12. The van der Waals surface area contributed by atoms with Gasteiger partial charge < -0.3 is 5.32 Å². The van der Waals surface area contributed by atoms with E-state index < -0.39 is 0 Å². The highest BCUT2D eigenvalue weighted by Crippen LogP contribution is 2.16. The SMILES string of the molecule is CSCCCCCNCc1c(C)nc2sccn12. The zero-order valence-electron chi connectivity index (χ0n) is 11.1. The highest BCUT2D eigenvalue weighted by molar-refractivity contribution is 7.98. The van der Waals surface area contributed by atoms with Crippen molar-refractivity contribution in [2.24, 2.45) is 0 Å². The van der Waals surface area contributed by atoms with Crippen LogP contribution in [0.2, 0.25) is 0 Å². The minimum atomic E-state index is 0.923. The fourth-order valence-corrected chi connectivity index (χ4v) is 3.31. The smallest absolute Gasteiger partial charge is 0.194 e. The van der Waals surface area contributed by atoms with Crippen molar-refractivity contribution in [3.63, 3.8) is 0 Å². The van der Waals surface area contributed by atoms with Crippen molar-refractivity contribution in [1.29, 1.82) is 0 Å². The summed E-state index contributed by atoms with van der Waals surface area (Å²) in [5.41, 5.74) is 2.45. The Kier molecular flexibility index (Phi) is 5.53. The lowest BCUT2D eigenvalue weighted by atomic mass is 10.2. The van der Waals surface area contributed by atoms with Crippen LogP contribution >= 0.6 is 23.1 Å². The average Bonchev–Trinajstić information content (AvgIpc) is 2.90. The standard InChI is InChI=1S/C13H21N3S2/c1-11-12(16-7-9-18-13(16)15-11)10-14-6-4-3-5-8-17-2/h7,9,14H,3-6,8,10H2,1-2H3. The lowest BCUT2D eigenvalue weighted by Gasteiger charge is -2.05. The minimum Gasteiger partial charge on any atom is -0.311 e. The molecule has 0 saturated heterocycles. The minimum absolute atomic E-state index is 0.923. The summed E-state index contributed by atoms with van der Waals surface area (Å²) in [7, 11) is 0. The number of imidazole rings is 1. The quantitative estimate of drug-likeness (QED) is 0.754. The van der Waals surface area contributed by atoms with Gasteiger partial charge in [0, 0.05) is 18.1 Å². The zero-order chi connectivity index (χ0) is 12.8. The van der Waals surface area contributed by atoms with Gasteiger partial charge in [-0.25, -0.2) is 4.98 Å². The van der Waals surface area contributed by atoms with Gasteiger partial charge in [-0.3, -0.25) is 4.40 Å². The molecule has 5 heteroatoms. The van der Waals surface area contributed by atoms with Crippen LogP contribution in [-0.2, 0) is 6.54 Å². The first-order valence-electron chi connectivity index (χ1n) is 6.43. The number of unbranched alkanes of at least 4 members (excludes halogenated alkanes) is 2. The van der Waals surface area contributed by atoms with E-state index in [1.54, 1.807) is 11.3 Å². The molecule has 0 unspecified atom stereocenters. The van der Waals surface area contributed by atoms with Crippen molar-refractivity contribution in [2.45, 2.75) is 32.7 Å². The number of rotatable bonds is 8. The maximum Gasteiger partial charge on any atom is 0.194 e. The molecule has 0 aliphatic rings. The van der Waals surface area contributed by atoms with Crippen molar-refractivity contribution in [2.75, 3.05) is 18.6 Å². The maximum atomic E-state index is 4.55. The summed E-state index contributed by atoms with van der Waals surface area (Å²) in [5.74, 6) is 1.29. The van der Waals surface area contributed by atoms with Crippen LogP contribution in [0.5, 0.6) is 0 Å². The summed E-state index contributed by atoms with van der Waals surface area (Å²) in [4.78, 5) is 5.65. The summed E-state index contributed by atoms with van der Waals surface area (Å²) >= 11 is 3.63. The number of nitrogens with one attached hydrogen (secondary N) is 1. The highest BCUT2D eigenvalue weighted by Gasteiger charge is 2.08. The van der Waals surface area contributed by atoms with Gasteiger partial charge in [0.05, 0.1) is 11.4 Å². The van der Waals surface area contributed by atoms with Crippen molar-refractivity contribution >= 4 is 28.1 Å². The second kappa shape index (κ2) is 7.16. The fraction of sp³-hybridized carbons (Fsp3) is 0.615. The molecule has 3 nitrogen and oxygen atoms in total. The number of aromatic nitrogens is 2. The van der Waals surface area contributed by atoms with E-state index in [-0.39, 0.29) is 0 Å². The van der Waals surface area contributed by atoms with E-state index in [9.17, 15) is 0 Å². The molecule has 1 N–H and O–H groups in total. The molecule has 0 spiro atoms. The number of aryl methyl sites for hydroxylation is 1. The van der Waals surface area contributed by atoms with Crippen molar-refractivity contribution in [3.05, 3.63) is 23.0 Å². The summed E-state index contributed by atoms with van der Waals surface area (Å²) in [5, 5.41) is 5.62. The normalized spacial score (nSPS) is 11.4. The molecule has 0 bridgehead atoms. The van der Waals surface area contributed by atoms with Gasteiger partial charge in [-0.2, -0.15) is 11.8 Å². The van der Waals surface area contributed by atoms with E-state index in [4.69, 9.17) is 0 Å². The molecule has 2 heterocycles. The van der Waals surface area contributed by atoms with Crippen LogP contribution in [0.1, 0.15) is 30.7 Å².